The lowest BCUT2D eigenvalue weighted by atomic mass is 10.1. The summed E-state index contributed by atoms with van der Waals surface area (Å²) >= 11 is 0. The Bertz CT molecular complexity index is 853. The smallest absolute Gasteiger partial charge is 0.152 e. The highest BCUT2D eigenvalue weighted by molar-refractivity contribution is 7.91. The molecule has 0 saturated carbocycles. The van der Waals surface area contributed by atoms with Gasteiger partial charge < -0.3 is 15.4 Å². The van der Waals surface area contributed by atoms with Crippen molar-refractivity contribution in [3.63, 3.8) is 0 Å². The van der Waals surface area contributed by atoms with Crippen molar-refractivity contribution >= 4 is 21.5 Å². The molecular weight excluding hydrogens is 352 g/mol. The first-order valence-electron chi connectivity index (χ1n) is 8.63. The first-order chi connectivity index (χ1) is 12.4. The molecule has 7 nitrogen and oxygen atoms in total. The van der Waals surface area contributed by atoms with E-state index >= 15 is 0 Å². The third-order valence-corrected chi connectivity index (χ3v) is 6.07. The van der Waals surface area contributed by atoms with Gasteiger partial charge in [-0.05, 0) is 37.5 Å². The molecule has 1 aliphatic heterocycles. The maximum Gasteiger partial charge on any atom is 0.152 e. The monoisotopic (exact) mass is 376 g/mol. The molecule has 0 spiro atoms. The summed E-state index contributed by atoms with van der Waals surface area (Å²) in [5, 5.41) is 6.52. The number of anilines is 2. The number of aromatic nitrogens is 2. The fourth-order valence-corrected chi connectivity index (χ4v) is 4.65. The van der Waals surface area contributed by atoms with Crippen LogP contribution < -0.4 is 15.4 Å². The van der Waals surface area contributed by atoms with E-state index in [1.807, 2.05) is 37.3 Å². The van der Waals surface area contributed by atoms with Crippen LogP contribution in [0.1, 0.15) is 17.8 Å². The number of benzene rings is 1. The first kappa shape index (κ1) is 18.4. The van der Waals surface area contributed by atoms with Crippen molar-refractivity contribution in [3.8, 4) is 5.75 Å². The Morgan fingerprint density at radius 1 is 1.19 bits per heavy atom. The summed E-state index contributed by atoms with van der Waals surface area (Å²) in [6.45, 7) is 2.56. The number of sulfone groups is 1. The highest BCUT2D eigenvalue weighted by Crippen LogP contribution is 2.18. The summed E-state index contributed by atoms with van der Waals surface area (Å²) in [7, 11) is -1.26. The average Bonchev–Trinajstić information content (AvgIpc) is 2.93. The van der Waals surface area contributed by atoms with Crippen molar-refractivity contribution in [1.29, 1.82) is 0 Å². The quantitative estimate of drug-likeness (QED) is 0.764. The predicted molar refractivity (Wildman–Crippen MR) is 103 cm³/mol. The average molecular weight is 376 g/mol. The van der Waals surface area contributed by atoms with Gasteiger partial charge in [0.1, 0.15) is 23.2 Å². The zero-order valence-electron chi connectivity index (χ0n) is 15.0. The Morgan fingerprint density at radius 3 is 2.58 bits per heavy atom. The molecule has 0 radical (unpaired) electrons. The van der Waals surface area contributed by atoms with Crippen LogP contribution in [-0.2, 0) is 16.3 Å². The van der Waals surface area contributed by atoms with Crippen molar-refractivity contribution in [2.45, 2.75) is 25.8 Å². The molecule has 1 atom stereocenters. The molecule has 8 heteroatoms. The molecule has 26 heavy (non-hydrogen) atoms. The van der Waals surface area contributed by atoms with E-state index in [1.54, 1.807) is 7.11 Å². The molecule has 0 amide bonds. The normalized spacial score (nSPS) is 18.5. The lowest BCUT2D eigenvalue weighted by Gasteiger charge is -2.14. The number of ether oxygens (including phenoxy) is 1. The Morgan fingerprint density at radius 2 is 1.92 bits per heavy atom. The molecule has 140 valence electrons. The molecule has 1 fully saturated rings. The van der Waals surface area contributed by atoms with E-state index in [2.05, 4.69) is 20.6 Å². The van der Waals surface area contributed by atoms with E-state index in [4.69, 9.17) is 4.74 Å². The van der Waals surface area contributed by atoms with Crippen molar-refractivity contribution in [1.82, 2.24) is 9.97 Å². The lowest BCUT2D eigenvalue weighted by Crippen LogP contribution is -2.21. The van der Waals surface area contributed by atoms with Crippen molar-refractivity contribution in [3.05, 3.63) is 41.7 Å². The largest absolute Gasteiger partial charge is 0.497 e. The molecule has 0 aliphatic carbocycles. The molecule has 1 saturated heterocycles. The summed E-state index contributed by atoms with van der Waals surface area (Å²) in [5.74, 6) is 3.28. The van der Waals surface area contributed by atoms with E-state index in [-0.39, 0.29) is 17.5 Å². The number of nitrogens with one attached hydrogen (secondary N) is 2. The summed E-state index contributed by atoms with van der Waals surface area (Å²) in [6.07, 6.45) is 1.47. The van der Waals surface area contributed by atoms with Crippen LogP contribution in [0.3, 0.4) is 0 Å². The second-order valence-electron chi connectivity index (χ2n) is 6.45. The van der Waals surface area contributed by atoms with Gasteiger partial charge in [-0.25, -0.2) is 18.4 Å². The van der Waals surface area contributed by atoms with Gasteiger partial charge in [0.05, 0.1) is 18.6 Å². The fourth-order valence-electron chi connectivity index (χ4n) is 2.98. The van der Waals surface area contributed by atoms with Crippen LogP contribution in [-0.4, -0.2) is 49.6 Å². The summed E-state index contributed by atoms with van der Waals surface area (Å²) in [5.41, 5.74) is 1.21. The third kappa shape index (κ3) is 5.08. The first-order valence-corrected chi connectivity index (χ1v) is 10.4. The molecule has 1 unspecified atom stereocenters. The van der Waals surface area contributed by atoms with Gasteiger partial charge in [-0.15, -0.1) is 0 Å². The summed E-state index contributed by atoms with van der Waals surface area (Å²) in [6, 6.07) is 9.72. The number of methoxy groups -OCH3 is 1. The van der Waals surface area contributed by atoms with Gasteiger partial charge in [-0.3, -0.25) is 0 Å². The minimum absolute atomic E-state index is 0.0820. The number of rotatable bonds is 7. The second kappa shape index (κ2) is 7.90. The maximum absolute atomic E-state index is 11.6. The van der Waals surface area contributed by atoms with Crippen LogP contribution in [0, 0.1) is 6.92 Å². The topological polar surface area (TPSA) is 93.2 Å². The van der Waals surface area contributed by atoms with Crippen LogP contribution in [0.5, 0.6) is 5.75 Å². The van der Waals surface area contributed by atoms with Gasteiger partial charge in [-0.2, -0.15) is 0 Å². The Labute approximate surface area is 154 Å². The van der Waals surface area contributed by atoms with Gasteiger partial charge >= 0.3 is 0 Å². The number of hydrogen-bond acceptors (Lipinski definition) is 7. The number of aryl methyl sites for hydroxylation is 1. The molecule has 1 aliphatic rings. The van der Waals surface area contributed by atoms with Gasteiger partial charge in [0.2, 0.25) is 0 Å². The zero-order valence-corrected chi connectivity index (χ0v) is 15.8. The Kier molecular flexibility index (Phi) is 5.61. The van der Waals surface area contributed by atoms with Crippen molar-refractivity contribution in [2.75, 3.05) is 35.8 Å². The van der Waals surface area contributed by atoms with Crippen LogP contribution >= 0.6 is 0 Å². The number of nitrogens with zero attached hydrogens (tertiary/aromatic N) is 2. The van der Waals surface area contributed by atoms with Gasteiger partial charge in [-0.1, -0.05) is 12.1 Å². The minimum Gasteiger partial charge on any atom is -0.497 e. The van der Waals surface area contributed by atoms with E-state index in [9.17, 15) is 8.42 Å². The third-order valence-electron chi connectivity index (χ3n) is 4.30. The maximum atomic E-state index is 11.6. The standard InChI is InChI=1S/C18H24N4O3S/c1-13-20-17(19-9-7-14-3-5-16(25-2)6-4-14)11-18(21-13)22-15-8-10-26(23,24)12-15/h3-6,11,15H,7-10,12H2,1-2H3,(H2,19,20,21,22). The highest BCUT2D eigenvalue weighted by atomic mass is 32.2. The SMILES string of the molecule is COc1ccc(CCNc2cc(NC3CCS(=O)(=O)C3)nc(C)n2)cc1. The molecule has 1 aromatic heterocycles. The van der Waals surface area contributed by atoms with Crippen molar-refractivity contribution < 1.29 is 13.2 Å². The van der Waals surface area contributed by atoms with E-state index in [0.29, 0.717) is 18.1 Å². The Hall–Kier alpha value is -2.35. The van der Waals surface area contributed by atoms with Crippen LogP contribution in [0.15, 0.2) is 30.3 Å². The molecule has 2 N–H and O–H groups in total. The molecule has 2 heterocycles. The van der Waals surface area contributed by atoms with Gasteiger partial charge in [0.15, 0.2) is 9.84 Å². The molecule has 1 aromatic carbocycles. The molecular formula is C18H24N4O3S. The summed E-state index contributed by atoms with van der Waals surface area (Å²) < 4.78 is 28.3. The van der Waals surface area contributed by atoms with E-state index in [1.165, 1.54) is 5.56 Å². The molecule has 0 bridgehead atoms. The summed E-state index contributed by atoms with van der Waals surface area (Å²) in [4.78, 5) is 8.75. The molecule has 3 rings (SSSR count). The highest BCUT2D eigenvalue weighted by Gasteiger charge is 2.28. The zero-order chi connectivity index (χ0) is 18.6. The van der Waals surface area contributed by atoms with Crippen LogP contribution in [0.2, 0.25) is 0 Å². The predicted octanol–water partition coefficient (Wildman–Crippen LogP) is 2.05. The number of hydrogen-bond donors (Lipinski definition) is 2. The second-order valence-corrected chi connectivity index (χ2v) is 8.68. The van der Waals surface area contributed by atoms with Crippen LogP contribution in [0.4, 0.5) is 11.6 Å². The molecule has 2 aromatic rings. The van der Waals surface area contributed by atoms with Crippen molar-refractivity contribution in [2.24, 2.45) is 0 Å². The lowest BCUT2D eigenvalue weighted by molar-refractivity contribution is 0.414. The minimum atomic E-state index is -2.92. The van der Waals surface area contributed by atoms with Gasteiger partial charge in [0, 0.05) is 18.7 Å². The van der Waals surface area contributed by atoms with E-state index < -0.39 is 9.84 Å². The Balaban J connectivity index is 1.57. The van der Waals surface area contributed by atoms with Crippen LogP contribution in [0.25, 0.3) is 0 Å². The fraction of sp³-hybridized carbons (Fsp3) is 0.444. The van der Waals surface area contributed by atoms with Gasteiger partial charge in [0.25, 0.3) is 0 Å². The van der Waals surface area contributed by atoms with E-state index in [0.717, 1.165) is 24.5 Å².